The monoisotopic (exact) mass is 890 g/mol. The van der Waals surface area contributed by atoms with Crippen LogP contribution in [-0.4, -0.2) is 112 Å². The number of nitrogens with one attached hydrogen (secondary N) is 2. The molecule has 0 aliphatic carbocycles. The maximum absolute atomic E-state index is 14.9. The second kappa shape index (κ2) is 17.9. The molecule has 2 aromatic heterocycles. The van der Waals surface area contributed by atoms with Gasteiger partial charge in [-0.25, -0.2) is 4.79 Å². The number of nitrogens with two attached hydrogens (primary N) is 1. The molecule has 2 aromatic carbocycles. The van der Waals surface area contributed by atoms with Gasteiger partial charge in [-0.2, -0.15) is 0 Å². The van der Waals surface area contributed by atoms with Crippen molar-refractivity contribution in [2.75, 3.05) is 57.3 Å². The second-order valence-corrected chi connectivity index (χ2v) is 16.8. The molecule has 3 aliphatic rings. The number of urea groups is 1. The summed E-state index contributed by atoms with van der Waals surface area (Å²) >= 11 is 6.73. The van der Waals surface area contributed by atoms with Crippen LogP contribution in [0.1, 0.15) is 49.1 Å². The number of piperidine rings is 2. The van der Waals surface area contributed by atoms with Gasteiger partial charge < -0.3 is 35.8 Å². The number of rotatable bonds is 9. The molecule has 4 aromatic rings. The average molecular weight is 893 g/mol. The number of pyridine rings is 2. The van der Waals surface area contributed by atoms with E-state index in [0.717, 1.165) is 42.5 Å². The third-order valence-electron chi connectivity index (χ3n) is 11.5. The fourth-order valence-corrected chi connectivity index (χ4v) is 9.62. The smallest absolute Gasteiger partial charge is 0.327 e. The van der Waals surface area contributed by atoms with Crippen LogP contribution in [0.15, 0.2) is 80.7 Å². The second-order valence-electron chi connectivity index (χ2n) is 15.1. The number of carbonyl (C=O) groups is 3. The maximum atomic E-state index is 14.9. The topological polar surface area (TPSA) is 168 Å². The number of fused-ring (bicyclic) bond motifs is 1. The standard InChI is InChI=1S/C41H48Br2N8O5/c42-32-21-27(22-33(43)37(32)52)23-34(44)39(54)51(41(56)50-15-9-28(10-16-50)31-25-29-3-1-2-4-35(29)47-38(31)53)36(24-26-5-11-45-12-6-26)40(55)49-19-17-48(18-20-49)30-7-13-46-14-8-30/h1-4,7-8,13-14,21-22,25-26,28,34,36,45,52H,5-6,9-12,15-20,23-24,44H2,(H,47,53)/t34-,36+/m1/s1. The number of H-pyrrole nitrogens is 1. The molecule has 2 atom stereocenters. The van der Waals surface area contributed by atoms with Gasteiger partial charge in [0, 0.05) is 68.4 Å². The lowest BCUT2D eigenvalue weighted by molar-refractivity contribution is -0.145. The van der Waals surface area contributed by atoms with E-state index in [9.17, 15) is 24.3 Å². The van der Waals surface area contributed by atoms with Crippen molar-refractivity contribution < 1.29 is 19.5 Å². The first kappa shape index (κ1) is 39.9. The Kier molecular flexibility index (Phi) is 12.7. The number of hydrogen-bond donors (Lipinski definition) is 4. The first-order chi connectivity index (χ1) is 27.1. The van der Waals surface area contributed by atoms with E-state index in [1.165, 1.54) is 4.90 Å². The van der Waals surface area contributed by atoms with E-state index >= 15 is 0 Å². The van der Waals surface area contributed by atoms with Crippen LogP contribution in [0.4, 0.5) is 10.5 Å². The number of para-hydroxylation sites is 1. The molecule has 3 saturated heterocycles. The third kappa shape index (κ3) is 8.96. The van der Waals surface area contributed by atoms with Gasteiger partial charge in [0.1, 0.15) is 11.8 Å². The van der Waals surface area contributed by atoms with E-state index in [1.807, 2.05) is 42.5 Å². The van der Waals surface area contributed by atoms with E-state index in [4.69, 9.17) is 5.73 Å². The summed E-state index contributed by atoms with van der Waals surface area (Å²) in [6.45, 7) is 4.29. The number of amides is 4. The molecule has 13 nitrogen and oxygen atoms in total. The summed E-state index contributed by atoms with van der Waals surface area (Å²) in [6, 6.07) is 14.1. The quantitative estimate of drug-likeness (QED) is 0.182. The summed E-state index contributed by atoms with van der Waals surface area (Å²) in [5, 5.41) is 14.6. The van der Waals surface area contributed by atoms with Crippen LogP contribution >= 0.6 is 31.9 Å². The van der Waals surface area contributed by atoms with Crippen LogP contribution < -0.4 is 21.5 Å². The van der Waals surface area contributed by atoms with Crippen molar-refractivity contribution in [3.8, 4) is 5.75 Å². The number of benzene rings is 2. The molecule has 3 fully saturated rings. The summed E-state index contributed by atoms with van der Waals surface area (Å²) < 4.78 is 0.875. The van der Waals surface area contributed by atoms with E-state index < -0.39 is 24.0 Å². The summed E-state index contributed by atoms with van der Waals surface area (Å²) in [7, 11) is 0. The number of phenolic OH excluding ortho intramolecular Hbond substituents is 1. The number of hydrogen-bond acceptors (Lipinski definition) is 9. The maximum Gasteiger partial charge on any atom is 0.327 e. The summed E-state index contributed by atoms with van der Waals surface area (Å²) in [4.78, 5) is 71.6. The van der Waals surface area contributed by atoms with Crippen molar-refractivity contribution in [1.82, 2.24) is 30.0 Å². The number of nitrogens with zero attached hydrogens (tertiary/aromatic N) is 5. The van der Waals surface area contributed by atoms with Crippen molar-refractivity contribution in [3.63, 3.8) is 0 Å². The van der Waals surface area contributed by atoms with Gasteiger partial charge in [-0.3, -0.25) is 24.3 Å². The summed E-state index contributed by atoms with van der Waals surface area (Å²) in [5.41, 5.74) is 9.72. The zero-order valence-corrected chi connectivity index (χ0v) is 34.4. The van der Waals surface area contributed by atoms with E-state index in [2.05, 4.69) is 52.0 Å². The van der Waals surface area contributed by atoms with Gasteiger partial charge in [0.15, 0.2) is 0 Å². The molecule has 0 radical (unpaired) electrons. The molecule has 3 aliphatic heterocycles. The molecule has 0 bridgehead atoms. The van der Waals surface area contributed by atoms with Gasteiger partial charge >= 0.3 is 6.03 Å². The summed E-state index contributed by atoms with van der Waals surface area (Å²) in [6.07, 6.45) is 6.62. The van der Waals surface area contributed by atoms with Crippen molar-refractivity contribution in [3.05, 3.63) is 97.4 Å². The minimum Gasteiger partial charge on any atom is -0.506 e. The molecule has 0 saturated carbocycles. The Morgan fingerprint density at radius 2 is 1.55 bits per heavy atom. The fraction of sp³-hybridized carbons (Fsp3) is 0.439. The number of imide groups is 1. The lowest BCUT2D eigenvalue weighted by atomic mass is 9.88. The molecule has 56 heavy (non-hydrogen) atoms. The first-order valence-electron chi connectivity index (χ1n) is 19.4. The number of halogens is 2. The van der Waals surface area contributed by atoms with Crippen molar-refractivity contribution in [1.29, 1.82) is 0 Å². The number of likely N-dealkylation sites (tertiary alicyclic amines) is 1. The van der Waals surface area contributed by atoms with E-state index in [-0.39, 0.29) is 35.5 Å². The zero-order valence-electron chi connectivity index (χ0n) is 31.2. The van der Waals surface area contributed by atoms with Crippen molar-refractivity contribution in [2.24, 2.45) is 11.7 Å². The van der Waals surface area contributed by atoms with Crippen LogP contribution in [0.5, 0.6) is 5.75 Å². The van der Waals surface area contributed by atoms with Gasteiger partial charge in [0.25, 0.3) is 5.56 Å². The van der Waals surface area contributed by atoms with Crippen LogP contribution in [0.3, 0.4) is 0 Å². The number of carbonyl (C=O) groups excluding carboxylic acids is 3. The van der Waals surface area contributed by atoms with E-state index in [1.54, 1.807) is 34.3 Å². The lowest BCUT2D eigenvalue weighted by Gasteiger charge is -2.42. The van der Waals surface area contributed by atoms with Crippen LogP contribution in [0, 0.1) is 5.92 Å². The Morgan fingerprint density at radius 3 is 2.23 bits per heavy atom. The number of phenols is 1. The normalized spacial score (nSPS) is 18.2. The minimum absolute atomic E-state index is 0.0243. The minimum atomic E-state index is -1.15. The highest BCUT2D eigenvalue weighted by Crippen LogP contribution is 2.34. The van der Waals surface area contributed by atoms with Gasteiger partial charge in [-0.15, -0.1) is 0 Å². The number of aromatic amines is 1. The Labute approximate surface area is 342 Å². The predicted molar refractivity (Wildman–Crippen MR) is 223 cm³/mol. The molecule has 15 heteroatoms. The average Bonchev–Trinajstić information content (AvgIpc) is 3.22. The Balaban J connectivity index is 1.16. The third-order valence-corrected chi connectivity index (χ3v) is 12.7. The Bertz CT molecular complexity index is 2070. The molecular formula is C41H48Br2N8O5. The molecule has 0 spiro atoms. The molecule has 7 rings (SSSR count). The molecule has 5 heterocycles. The highest BCUT2D eigenvalue weighted by Gasteiger charge is 2.43. The van der Waals surface area contributed by atoms with Crippen molar-refractivity contribution >= 4 is 66.3 Å². The Hall–Kier alpha value is -4.31. The molecule has 296 valence electrons. The van der Waals surface area contributed by atoms with Crippen molar-refractivity contribution in [2.45, 2.75) is 56.5 Å². The predicted octanol–water partition coefficient (Wildman–Crippen LogP) is 4.96. The number of aromatic hydroxyl groups is 1. The van der Waals surface area contributed by atoms with Crippen LogP contribution in [-0.2, 0) is 16.0 Å². The number of anilines is 1. The first-order valence-corrected chi connectivity index (χ1v) is 21.0. The zero-order chi connectivity index (χ0) is 39.3. The molecule has 4 amide bonds. The highest BCUT2D eigenvalue weighted by molar-refractivity contribution is 9.11. The highest BCUT2D eigenvalue weighted by atomic mass is 79.9. The van der Waals surface area contributed by atoms with Crippen LogP contribution in [0.2, 0.25) is 0 Å². The molecular weight excluding hydrogens is 844 g/mol. The fourth-order valence-electron chi connectivity index (χ4n) is 8.34. The van der Waals surface area contributed by atoms with Gasteiger partial charge in [-0.1, -0.05) is 18.2 Å². The SMILES string of the molecule is N[C@H](Cc1cc(Br)c(O)c(Br)c1)C(=O)N(C(=O)N1CCC(c2cc3ccccc3[nH]c2=O)CC1)[C@@H](CC1CCNCC1)C(=O)N1CCN(c2ccncc2)CC1. The van der Waals surface area contributed by atoms with Gasteiger partial charge in [0.05, 0.1) is 15.0 Å². The number of piperazine rings is 1. The molecule has 0 unspecified atom stereocenters. The lowest BCUT2D eigenvalue weighted by Crippen LogP contribution is -2.62. The Morgan fingerprint density at radius 1 is 0.893 bits per heavy atom. The van der Waals surface area contributed by atoms with Gasteiger partial charge in [0.2, 0.25) is 11.8 Å². The largest absolute Gasteiger partial charge is 0.506 e. The number of aromatic nitrogens is 2. The van der Waals surface area contributed by atoms with Crippen LogP contribution in [0.25, 0.3) is 10.9 Å². The summed E-state index contributed by atoms with van der Waals surface area (Å²) in [5.74, 6) is -0.798. The van der Waals surface area contributed by atoms with E-state index in [0.29, 0.717) is 78.6 Å². The molecule has 5 N–H and O–H groups in total. The van der Waals surface area contributed by atoms with Gasteiger partial charge in [-0.05, 0) is 143 Å².